The van der Waals surface area contributed by atoms with Crippen LogP contribution in [0.1, 0.15) is 24.8 Å². The maximum absolute atomic E-state index is 9.56. The van der Waals surface area contributed by atoms with E-state index in [4.69, 9.17) is 0 Å². The largest absolute Gasteiger partial charge is 0.392 e. The maximum Gasteiger partial charge on any atom is 0.0693 e. The molecule has 0 aliphatic heterocycles. The molecule has 0 aromatic carbocycles. The Bertz CT molecular complexity index is 247. The monoisotopic (exact) mass is 197 g/mol. The van der Waals surface area contributed by atoms with Gasteiger partial charge in [0.25, 0.3) is 0 Å². The van der Waals surface area contributed by atoms with Crippen molar-refractivity contribution >= 4 is 11.3 Å². The maximum atomic E-state index is 9.56. The fraction of sp³-hybridized carbons (Fsp3) is 0.600. The van der Waals surface area contributed by atoms with E-state index < -0.39 is 0 Å². The number of rotatable bonds is 3. The minimum atomic E-state index is -0.126. The minimum absolute atomic E-state index is 0.126. The Kier molecular flexibility index (Phi) is 2.98. The third kappa shape index (κ3) is 2.30. The van der Waals surface area contributed by atoms with E-state index in [0.717, 1.165) is 25.8 Å². The lowest BCUT2D eigenvalue weighted by Crippen LogP contribution is -2.34. The standard InChI is InChI=1S/C10H15NOS/c12-10-3-1-2-9(10)11-6-8-4-5-13-7-8/h4-5,7,9-12H,1-3,6H2. The zero-order valence-corrected chi connectivity index (χ0v) is 8.39. The minimum Gasteiger partial charge on any atom is -0.392 e. The van der Waals surface area contributed by atoms with Crippen LogP contribution < -0.4 is 5.32 Å². The second-order valence-electron chi connectivity index (χ2n) is 3.62. The Morgan fingerprint density at radius 3 is 3.08 bits per heavy atom. The van der Waals surface area contributed by atoms with Gasteiger partial charge in [-0.25, -0.2) is 0 Å². The van der Waals surface area contributed by atoms with E-state index in [1.807, 2.05) is 0 Å². The van der Waals surface area contributed by atoms with Gasteiger partial charge in [0, 0.05) is 12.6 Å². The fourth-order valence-corrected chi connectivity index (χ4v) is 2.49. The smallest absolute Gasteiger partial charge is 0.0693 e. The van der Waals surface area contributed by atoms with Crippen molar-refractivity contribution in [2.24, 2.45) is 0 Å². The summed E-state index contributed by atoms with van der Waals surface area (Å²) in [4.78, 5) is 0. The van der Waals surface area contributed by atoms with Crippen LogP contribution in [0.5, 0.6) is 0 Å². The Morgan fingerprint density at radius 1 is 1.54 bits per heavy atom. The molecule has 1 aromatic heterocycles. The molecule has 1 fully saturated rings. The lowest BCUT2D eigenvalue weighted by atomic mass is 10.2. The third-order valence-corrected chi connectivity index (χ3v) is 3.36. The lowest BCUT2D eigenvalue weighted by Gasteiger charge is -2.15. The molecule has 1 aliphatic rings. The summed E-state index contributed by atoms with van der Waals surface area (Å²) in [6.45, 7) is 0.894. The van der Waals surface area contributed by atoms with Crippen LogP contribution in [0.3, 0.4) is 0 Å². The fourth-order valence-electron chi connectivity index (χ4n) is 1.82. The second kappa shape index (κ2) is 4.22. The topological polar surface area (TPSA) is 32.3 Å². The van der Waals surface area contributed by atoms with Crippen LogP contribution in [0.4, 0.5) is 0 Å². The van der Waals surface area contributed by atoms with Crippen molar-refractivity contribution in [1.29, 1.82) is 0 Å². The normalized spacial score (nSPS) is 28.1. The molecule has 0 saturated heterocycles. The first kappa shape index (κ1) is 9.19. The van der Waals surface area contributed by atoms with Gasteiger partial charge in [-0.2, -0.15) is 11.3 Å². The van der Waals surface area contributed by atoms with Crippen molar-refractivity contribution in [3.63, 3.8) is 0 Å². The molecule has 1 heterocycles. The zero-order valence-electron chi connectivity index (χ0n) is 7.57. The van der Waals surface area contributed by atoms with Gasteiger partial charge in [-0.1, -0.05) is 0 Å². The summed E-state index contributed by atoms with van der Waals surface area (Å²) in [6, 6.07) is 2.44. The first-order valence-corrected chi connectivity index (χ1v) is 5.73. The molecule has 1 saturated carbocycles. The molecule has 2 atom stereocenters. The SMILES string of the molecule is OC1CCCC1NCc1ccsc1. The van der Waals surface area contributed by atoms with Crippen molar-refractivity contribution < 1.29 is 5.11 Å². The molecule has 3 heteroatoms. The Morgan fingerprint density at radius 2 is 2.46 bits per heavy atom. The molecule has 2 rings (SSSR count). The van der Waals surface area contributed by atoms with Crippen molar-refractivity contribution in [3.05, 3.63) is 22.4 Å². The van der Waals surface area contributed by atoms with Gasteiger partial charge in [0.05, 0.1) is 6.10 Å². The highest BCUT2D eigenvalue weighted by atomic mass is 32.1. The van der Waals surface area contributed by atoms with Gasteiger partial charge in [0.2, 0.25) is 0 Å². The number of aliphatic hydroxyl groups excluding tert-OH is 1. The van der Waals surface area contributed by atoms with Gasteiger partial charge in [0.15, 0.2) is 0 Å². The number of hydrogen-bond acceptors (Lipinski definition) is 3. The van der Waals surface area contributed by atoms with Crippen LogP contribution in [-0.2, 0) is 6.54 Å². The van der Waals surface area contributed by atoms with E-state index in [-0.39, 0.29) is 6.10 Å². The molecular formula is C10H15NOS. The molecule has 2 N–H and O–H groups in total. The number of hydrogen-bond donors (Lipinski definition) is 2. The van der Waals surface area contributed by atoms with Gasteiger partial charge in [-0.3, -0.25) is 0 Å². The molecule has 0 spiro atoms. The zero-order chi connectivity index (χ0) is 9.10. The number of aliphatic hydroxyl groups is 1. The highest BCUT2D eigenvalue weighted by Crippen LogP contribution is 2.19. The molecule has 72 valence electrons. The lowest BCUT2D eigenvalue weighted by molar-refractivity contribution is 0.148. The molecule has 13 heavy (non-hydrogen) atoms. The van der Waals surface area contributed by atoms with Crippen molar-refractivity contribution in [2.45, 2.75) is 38.0 Å². The molecule has 2 unspecified atom stereocenters. The van der Waals surface area contributed by atoms with Crippen molar-refractivity contribution in [3.8, 4) is 0 Å². The van der Waals surface area contributed by atoms with Gasteiger partial charge < -0.3 is 10.4 Å². The summed E-state index contributed by atoms with van der Waals surface area (Å²) in [7, 11) is 0. The quantitative estimate of drug-likeness (QED) is 0.773. The average molecular weight is 197 g/mol. The molecule has 2 nitrogen and oxygen atoms in total. The summed E-state index contributed by atoms with van der Waals surface area (Å²) >= 11 is 1.72. The molecule has 0 amide bonds. The van der Waals surface area contributed by atoms with E-state index in [9.17, 15) is 5.11 Å². The van der Waals surface area contributed by atoms with Crippen LogP contribution in [-0.4, -0.2) is 17.3 Å². The molecular weight excluding hydrogens is 182 g/mol. The van der Waals surface area contributed by atoms with Crippen LogP contribution in [0.2, 0.25) is 0 Å². The summed E-state index contributed by atoms with van der Waals surface area (Å²) in [6.07, 6.45) is 3.10. The van der Waals surface area contributed by atoms with Gasteiger partial charge in [0.1, 0.15) is 0 Å². The van der Waals surface area contributed by atoms with Crippen LogP contribution in [0.15, 0.2) is 16.8 Å². The average Bonchev–Trinajstić information content (AvgIpc) is 2.72. The summed E-state index contributed by atoms with van der Waals surface area (Å²) in [5, 5.41) is 17.2. The highest BCUT2D eigenvalue weighted by molar-refractivity contribution is 7.07. The van der Waals surface area contributed by atoms with E-state index in [1.165, 1.54) is 5.56 Å². The number of nitrogens with one attached hydrogen (secondary N) is 1. The van der Waals surface area contributed by atoms with E-state index >= 15 is 0 Å². The van der Waals surface area contributed by atoms with Crippen LogP contribution in [0, 0.1) is 0 Å². The summed E-state index contributed by atoms with van der Waals surface area (Å²) < 4.78 is 0. The first-order chi connectivity index (χ1) is 6.36. The predicted molar refractivity (Wildman–Crippen MR) is 54.8 cm³/mol. The number of thiophene rings is 1. The Hall–Kier alpha value is -0.380. The van der Waals surface area contributed by atoms with Gasteiger partial charge in [-0.15, -0.1) is 0 Å². The van der Waals surface area contributed by atoms with E-state index in [2.05, 4.69) is 22.1 Å². The van der Waals surface area contributed by atoms with E-state index in [0.29, 0.717) is 6.04 Å². The molecule has 1 aliphatic carbocycles. The summed E-state index contributed by atoms with van der Waals surface area (Å²) in [5.74, 6) is 0. The second-order valence-corrected chi connectivity index (χ2v) is 4.40. The molecule has 1 aromatic rings. The highest BCUT2D eigenvalue weighted by Gasteiger charge is 2.24. The molecule has 0 radical (unpaired) electrons. The van der Waals surface area contributed by atoms with Gasteiger partial charge in [-0.05, 0) is 41.7 Å². The van der Waals surface area contributed by atoms with Gasteiger partial charge >= 0.3 is 0 Å². The van der Waals surface area contributed by atoms with Crippen molar-refractivity contribution in [1.82, 2.24) is 5.32 Å². The first-order valence-electron chi connectivity index (χ1n) is 4.79. The van der Waals surface area contributed by atoms with Crippen LogP contribution >= 0.6 is 11.3 Å². The Labute approximate surface area is 82.6 Å². The van der Waals surface area contributed by atoms with Crippen molar-refractivity contribution in [2.75, 3.05) is 0 Å². The molecule has 0 bridgehead atoms. The summed E-state index contributed by atoms with van der Waals surface area (Å²) in [5.41, 5.74) is 1.32. The predicted octanol–water partition coefficient (Wildman–Crippen LogP) is 1.75. The Balaban J connectivity index is 1.79. The van der Waals surface area contributed by atoms with E-state index in [1.54, 1.807) is 11.3 Å². The van der Waals surface area contributed by atoms with Crippen LogP contribution in [0.25, 0.3) is 0 Å². The third-order valence-electron chi connectivity index (χ3n) is 2.63.